The second-order valence-corrected chi connectivity index (χ2v) is 11.6. The monoisotopic (exact) mass is 504 g/mol. The van der Waals surface area contributed by atoms with E-state index in [0.717, 1.165) is 16.7 Å². The number of nitrogens with zero attached hydrogens (tertiary/aromatic N) is 1. The van der Waals surface area contributed by atoms with Gasteiger partial charge in [0, 0.05) is 18.2 Å². The molecule has 0 bridgehead atoms. The van der Waals surface area contributed by atoms with E-state index < -0.39 is 33.8 Å². The van der Waals surface area contributed by atoms with Crippen LogP contribution in [0.15, 0.2) is 48.5 Å². The van der Waals surface area contributed by atoms with E-state index in [-0.39, 0.29) is 19.0 Å². The van der Waals surface area contributed by atoms with Crippen molar-refractivity contribution in [3.8, 4) is 16.9 Å². The molecule has 0 aromatic heterocycles. The number of hydrogen-bond acceptors (Lipinski definition) is 6. The molecule has 1 heterocycles. The maximum absolute atomic E-state index is 13.0. The lowest BCUT2D eigenvalue weighted by Crippen LogP contribution is -2.49. The normalized spacial score (nSPS) is 18.5. The predicted octanol–water partition coefficient (Wildman–Crippen LogP) is 3.58. The molecule has 8 nitrogen and oxygen atoms in total. The zero-order chi connectivity index (χ0) is 25.6. The number of aliphatic hydroxyl groups is 1. The third kappa shape index (κ3) is 7.19. The van der Waals surface area contributed by atoms with Crippen LogP contribution in [0.5, 0.6) is 5.75 Å². The first-order valence-electron chi connectivity index (χ1n) is 11.9. The third-order valence-corrected chi connectivity index (χ3v) is 7.25. The maximum Gasteiger partial charge on any atom is 0.410 e. The number of ether oxygens (including phenoxy) is 2. The number of hydrogen-bond donors (Lipinski definition) is 2. The molecule has 2 atom stereocenters. The van der Waals surface area contributed by atoms with Crippen molar-refractivity contribution in [1.82, 2.24) is 9.62 Å². The van der Waals surface area contributed by atoms with Crippen molar-refractivity contribution < 1.29 is 27.8 Å². The van der Waals surface area contributed by atoms with E-state index in [1.54, 1.807) is 32.6 Å². The quantitative estimate of drug-likeness (QED) is 0.541. The molecule has 192 valence electrons. The van der Waals surface area contributed by atoms with E-state index in [2.05, 4.69) is 4.72 Å². The molecule has 35 heavy (non-hydrogen) atoms. The van der Waals surface area contributed by atoms with Gasteiger partial charge in [-0.3, -0.25) is 0 Å². The van der Waals surface area contributed by atoms with Crippen LogP contribution in [0.2, 0.25) is 0 Å². The molecule has 2 unspecified atom stereocenters. The van der Waals surface area contributed by atoms with Crippen LogP contribution in [0.1, 0.15) is 39.7 Å². The van der Waals surface area contributed by atoms with Crippen molar-refractivity contribution in [2.45, 2.75) is 58.2 Å². The van der Waals surface area contributed by atoms with Crippen LogP contribution in [-0.4, -0.2) is 67.7 Å². The highest BCUT2D eigenvalue weighted by Gasteiger charge is 2.41. The molecule has 0 aliphatic carbocycles. The Kier molecular flexibility index (Phi) is 8.79. The van der Waals surface area contributed by atoms with Gasteiger partial charge in [-0.15, -0.1) is 0 Å². The molecule has 1 aliphatic heterocycles. The molecule has 0 radical (unpaired) electrons. The minimum atomic E-state index is -3.48. The van der Waals surface area contributed by atoms with Crippen molar-refractivity contribution in [2.24, 2.45) is 0 Å². The molecule has 1 saturated heterocycles. The SMILES string of the molecule is CCS(=O)(=O)NC1CCN(C(=O)OC(C)(C)C)C1Cc1cccc(-c2ccccc2)c1OCCO. The van der Waals surface area contributed by atoms with Crippen LogP contribution in [0, 0.1) is 0 Å². The average Bonchev–Trinajstić information content (AvgIpc) is 3.19. The molecule has 2 aromatic rings. The number of nitrogens with one attached hydrogen (secondary N) is 1. The minimum absolute atomic E-state index is 0.0446. The van der Waals surface area contributed by atoms with Gasteiger partial charge in [-0.1, -0.05) is 48.5 Å². The Labute approximate surface area is 208 Å². The lowest BCUT2D eigenvalue weighted by atomic mass is 9.95. The number of amides is 1. The Morgan fingerprint density at radius 1 is 1.14 bits per heavy atom. The summed E-state index contributed by atoms with van der Waals surface area (Å²) in [5.41, 5.74) is 1.97. The largest absolute Gasteiger partial charge is 0.490 e. The standard InChI is InChI=1S/C26H36N2O6S/c1-5-35(31,32)27-22-14-15-28(25(30)34-26(2,3)4)23(22)18-20-12-9-13-21(24(20)33-17-16-29)19-10-7-6-8-11-19/h6-13,22-23,27,29H,5,14-18H2,1-4H3. The highest BCUT2D eigenvalue weighted by atomic mass is 32.2. The Hall–Kier alpha value is -2.62. The molecule has 1 fully saturated rings. The summed E-state index contributed by atoms with van der Waals surface area (Å²) < 4.78 is 39.2. The molecular formula is C26H36N2O6S. The van der Waals surface area contributed by atoms with Gasteiger partial charge in [0.05, 0.1) is 18.4 Å². The first-order valence-corrected chi connectivity index (χ1v) is 13.6. The first-order chi connectivity index (χ1) is 16.5. The van der Waals surface area contributed by atoms with Gasteiger partial charge in [-0.2, -0.15) is 0 Å². The highest BCUT2D eigenvalue weighted by Crippen LogP contribution is 2.36. The molecule has 2 N–H and O–H groups in total. The fourth-order valence-corrected chi connectivity index (χ4v) is 5.14. The molecule has 3 rings (SSSR count). The van der Waals surface area contributed by atoms with Gasteiger partial charge >= 0.3 is 6.09 Å². The van der Waals surface area contributed by atoms with Crippen molar-refractivity contribution in [1.29, 1.82) is 0 Å². The van der Waals surface area contributed by atoms with Gasteiger partial charge < -0.3 is 19.5 Å². The Morgan fingerprint density at radius 2 is 1.86 bits per heavy atom. The Morgan fingerprint density at radius 3 is 2.49 bits per heavy atom. The molecule has 0 saturated carbocycles. The van der Waals surface area contributed by atoms with E-state index in [1.165, 1.54) is 0 Å². The number of sulfonamides is 1. The van der Waals surface area contributed by atoms with Gasteiger partial charge in [0.2, 0.25) is 10.0 Å². The van der Waals surface area contributed by atoms with Crippen molar-refractivity contribution in [2.75, 3.05) is 25.5 Å². The van der Waals surface area contributed by atoms with Gasteiger partial charge in [-0.25, -0.2) is 17.9 Å². The number of likely N-dealkylation sites (tertiary alicyclic amines) is 1. The Balaban J connectivity index is 2.00. The molecule has 1 amide bonds. The summed E-state index contributed by atoms with van der Waals surface area (Å²) >= 11 is 0. The number of carbonyl (C=O) groups is 1. The summed E-state index contributed by atoms with van der Waals surface area (Å²) in [7, 11) is -3.48. The van der Waals surface area contributed by atoms with Gasteiger partial charge in [-0.05, 0) is 51.7 Å². The topological polar surface area (TPSA) is 105 Å². The second kappa shape index (κ2) is 11.4. The van der Waals surface area contributed by atoms with Crippen LogP contribution in [0.3, 0.4) is 0 Å². The van der Waals surface area contributed by atoms with E-state index >= 15 is 0 Å². The van der Waals surface area contributed by atoms with Gasteiger partial charge in [0.15, 0.2) is 0 Å². The summed E-state index contributed by atoms with van der Waals surface area (Å²) in [5, 5.41) is 9.41. The summed E-state index contributed by atoms with van der Waals surface area (Å²) in [5.74, 6) is 0.567. The van der Waals surface area contributed by atoms with E-state index in [9.17, 15) is 18.3 Å². The second-order valence-electron chi connectivity index (χ2n) is 9.59. The molecule has 0 spiro atoms. The predicted molar refractivity (Wildman–Crippen MR) is 136 cm³/mol. The fourth-order valence-electron chi connectivity index (χ4n) is 4.24. The number of benzene rings is 2. The lowest BCUT2D eigenvalue weighted by molar-refractivity contribution is 0.0218. The number of carbonyl (C=O) groups excluding carboxylic acids is 1. The van der Waals surface area contributed by atoms with Crippen molar-refractivity contribution in [3.63, 3.8) is 0 Å². The highest BCUT2D eigenvalue weighted by molar-refractivity contribution is 7.89. The van der Waals surface area contributed by atoms with Gasteiger partial charge in [0.1, 0.15) is 18.0 Å². The summed E-state index contributed by atoms with van der Waals surface area (Å²) in [4.78, 5) is 14.7. The molecular weight excluding hydrogens is 468 g/mol. The Bertz CT molecular complexity index is 1100. The molecule has 2 aromatic carbocycles. The number of aliphatic hydroxyl groups excluding tert-OH is 1. The summed E-state index contributed by atoms with van der Waals surface area (Å²) in [6.07, 6.45) is 0.365. The first kappa shape index (κ1) is 27.0. The van der Waals surface area contributed by atoms with Crippen LogP contribution >= 0.6 is 0 Å². The minimum Gasteiger partial charge on any atom is -0.490 e. The average molecular weight is 505 g/mol. The van der Waals surface area contributed by atoms with Crippen LogP contribution in [-0.2, 0) is 21.2 Å². The molecule has 1 aliphatic rings. The summed E-state index contributed by atoms with van der Waals surface area (Å²) in [6, 6.07) is 14.6. The van der Waals surface area contributed by atoms with Gasteiger partial charge in [0.25, 0.3) is 0 Å². The van der Waals surface area contributed by atoms with Crippen molar-refractivity contribution >= 4 is 16.1 Å². The van der Waals surface area contributed by atoms with Crippen LogP contribution < -0.4 is 9.46 Å². The van der Waals surface area contributed by atoms with Crippen LogP contribution in [0.4, 0.5) is 4.79 Å². The zero-order valence-electron chi connectivity index (χ0n) is 20.9. The van der Waals surface area contributed by atoms with E-state index in [4.69, 9.17) is 9.47 Å². The lowest BCUT2D eigenvalue weighted by Gasteiger charge is -2.31. The van der Waals surface area contributed by atoms with E-state index in [0.29, 0.717) is 25.1 Å². The van der Waals surface area contributed by atoms with Crippen LogP contribution in [0.25, 0.3) is 11.1 Å². The third-order valence-electron chi connectivity index (χ3n) is 5.83. The molecule has 9 heteroatoms. The zero-order valence-corrected chi connectivity index (χ0v) is 21.7. The summed E-state index contributed by atoms with van der Waals surface area (Å²) in [6.45, 7) is 7.34. The van der Waals surface area contributed by atoms with Crippen molar-refractivity contribution in [3.05, 3.63) is 54.1 Å². The fraction of sp³-hybridized carbons (Fsp3) is 0.500. The number of rotatable bonds is 9. The van der Waals surface area contributed by atoms with E-state index in [1.807, 2.05) is 48.5 Å². The number of para-hydroxylation sites is 1. The smallest absolute Gasteiger partial charge is 0.410 e. The maximum atomic E-state index is 13.0.